The minimum Gasteiger partial charge on any atom is -0.313 e. The second-order valence-electron chi connectivity index (χ2n) is 5.56. The molecule has 1 saturated carbocycles. The van der Waals surface area contributed by atoms with E-state index >= 15 is 0 Å². The highest BCUT2D eigenvalue weighted by atomic mass is 15.2. The van der Waals surface area contributed by atoms with Crippen molar-refractivity contribution in [2.45, 2.75) is 51.6 Å². The molecule has 1 heterocycles. The van der Waals surface area contributed by atoms with Gasteiger partial charge in [0.25, 0.3) is 0 Å². The van der Waals surface area contributed by atoms with Crippen LogP contribution in [-0.4, -0.2) is 61.2 Å². The van der Waals surface area contributed by atoms with Crippen molar-refractivity contribution in [3.63, 3.8) is 0 Å². The van der Waals surface area contributed by atoms with Gasteiger partial charge in [-0.25, -0.2) is 0 Å². The van der Waals surface area contributed by atoms with Crippen molar-refractivity contribution in [3.8, 4) is 0 Å². The summed E-state index contributed by atoms with van der Waals surface area (Å²) < 4.78 is 0. The van der Waals surface area contributed by atoms with Crippen molar-refractivity contribution >= 4 is 0 Å². The molecule has 1 aliphatic carbocycles. The van der Waals surface area contributed by atoms with Crippen molar-refractivity contribution in [1.29, 1.82) is 0 Å². The SMILES string of the molecule is CCNC1CCCN(CCN(CC)C2CC2)C1. The van der Waals surface area contributed by atoms with Crippen LogP contribution in [0, 0.1) is 0 Å². The summed E-state index contributed by atoms with van der Waals surface area (Å²) >= 11 is 0. The molecule has 0 aromatic rings. The molecule has 0 bridgehead atoms. The number of rotatable bonds is 7. The molecule has 2 rings (SSSR count). The van der Waals surface area contributed by atoms with Gasteiger partial charge in [-0.2, -0.15) is 0 Å². The summed E-state index contributed by atoms with van der Waals surface area (Å²) in [7, 11) is 0. The average Bonchev–Trinajstić information content (AvgIpc) is 3.15. The van der Waals surface area contributed by atoms with Crippen LogP contribution in [0.4, 0.5) is 0 Å². The Labute approximate surface area is 107 Å². The topological polar surface area (TPSA) is 18.5 Å². The molecule has 3 nitrogen and oxygen atoms in total. The summed E-state index contributed by atoms with van der Waals surface area (Å²) in [4.78, 5) is 5.32. The first kappa shape index (κ1) is 13.3. The summed E-state index contributed by atoms with van der Waals surface area (Å²) in [5.41, 5.74) is 0. The Bertz CT molecular complexity index is 214. The van der Waals surface area contributed by atoms with Gasteiger partial charge >= 0.3 is 0 Å². The van der Waals surface area contributed by atoms with Crippen LogP contribution in [0.25, 0.3) is 0 Å². The lowest BCUT2D eigenvalue weighted by Gasteiger charge is -2.34. The second-order valence-corrected chi connectivity index (χ2v) is 5.56. The first-order chi connectivity index (χ1) is 8.33. The van der Waals surface area contributed by atoms with Gasteiger partial charge in [-0.15, -0.1) is 0 Å². The molecule has 1 unspecified atom stereocenters. The zero-order valence-corrected chi connectivity index (χ0v) is 11.6. The van der Waals surface area contributed by atoms with Gasteiger partial charge in [-0.3, -0.25) is 4.90 Å². The van der Waals surface area contributed by atoms with Gasteiger partial charge in [0, 0.05) is 31.7 Å². The van der Waals surface area contributed by atoms with E-state index < -0.39 is 0 Å². The molecule has 0 aromatic heterocycles. The Hall–Kier alpha value is -0.120. The fourth-order valence-corrected chi connectivity index (χ4v) is 3.02. The van der Waals surface area contributed by atoms with Crippen LogP contribution >= 0.6 is 0 Å². The first-order valence-corrected chi connectivity index (χ1v) is 7.53. The predicted molar refractivity (Wildman–Crippen MR) is 73.4 cm³/mol. The summed E-state index contributed by atoms with van der Waals surface area (Å²) in [6, 6.07) is 1.67. The molecular formula is C14H29N3. The van der Waals surface area contributed by atoms with Gasteiger partial charge in [-0.1, -0.05) is 13.8 Å². The monoisotopic (exact) mass is 239 g/mol. The number of likely N-dealkylation sites (tertiary alicyclic amines) is 1. The van der Waals surface area contributed by atoms with Crippen LogP contribution in [0.2, 0.25) is 0 Å². The molecule has 0 radical (unpaired) electrons. The zero-order valence-electron chi connectivity index (χ0n) is 11.6. The number of hydrogen-bond donors (Lipinski definition) is 1. The maximum atomic E-state index is 3.60. The fourth-order valence-electron chi connectivity index (χ4n) is 3.02. The standard InChI is InChI=1S/C14H29N3/c1-3-15-13-6-5-9-16(12-13)10-11-17(4-2)14-7-8-14/h13-15H,3-12H2,1-2H3. The van der Waals surface area contributed by atoms with Crippen LogP contribution < -0.4 is 5.32 Å². The Kier molecular flexibility index (Phi) is 5.26. The van der Waals surface area contributed by atoms with E-state index in [0.29, 0.717) is 0 Å². The van der Waals surface area contributed by atoms with Crippen LogP contribution in [0.3, 0.4) is 0 Å². The number of nitrogens with zero attached hydrogens (tertiary/aromatic N) is 2. The van der Waals surface area contributed by atoms with Crippen LogP contribution in [0.5, 0.6) is 0 Å². The highest BCUT2D eigenvalue weighted by molar-refractivity contribution is 4.85. The van der Waals surface area contributed by atoms with Crippen molar-refractivity contribution < 1.29 is 0 Å². The summed E-state index contributed by atoms with van der Waals surface area (Å²) in [6.45, 7) is 12.0. The molecule has 0 spiro atoms. The number of piperidine rings is 1. The van der Waals surface area contributed by atoms with Crippen LogP contribution in [0.15, 0.2) is 0 Å². The lowest BCUT2D eigenvalue weighted by atomic mass is 10.1. The second kappa shape index (κ2) is 6.72. The van der Waals surface area contributed by atoms with E-state index in [2.05, 4.69) is 29.0 Å². The Morgan fingerprint density at radius 2 is 2.06 bits per heavy atom. The summed E-state index contributed by atoms with van der Waals surface area (Å²) in [5.74, 6) is 0. The van der Waals surface area contributed by atoms with Gasteiger partial charge < -0.3 is 10.2 Å². The van der Waals surface area contributed by atoms with Crippen molar-refractivity contribution in [2.24, 2.45) is 0 Å². The van der Waals surface area contributed by atoms with E-state index in [0.717, 1.165) is 18.6 Å². The van der Waals surface area contributed by atoms with Crippen LogP contribution in [0.1, 0.15) is 39.5 Å². The minimum absolute atomic E-state index is 0.741. The molecule has 0 aromatic carbocycles. The number of hydrogen-bond acceptors (Lipinski definition) is 3. The van der Waals surface area contributed by atoms with Gasteiger partial charge in [-0.05, 0) is 45.3 Å². The highest BCUT2D eigenvalue weighted by Crippen LogP contribution is 2.26. The Morgan fingerprint density at radius 1 is 1.24 bits per heavy atom. The molecule has 1 atom stereocenters. The number of likely N-dealkylation sites (N-methyl/N-ethyl adjacent to an activating group) is 2. The van der Waals surface area contributed by atoms with E-state index in [1.165, 1.54) is 58.4 Å². The quantitative estimate of drug-likeness (QED) is 0.727. The lowest BCUT2D eigenvalue weighted by molar-refractivity contribution is 0.160. The van der Waals surface area contributed by atoms with Crippen molar-refractivity contribution in [2.75, 3.05) is 39.3 Å². The Balaban J connectivity index is 1.67. The highest BCUT2D eigenvalue weighted by Gasteiger charge is 2.28. The smallest absolute Gasteiger partial charge is 0.0195 e. The van der Waals surface area contributed by atoms with Gasteiger partial charge in [0.05, 0.1) is 0 Å². The van der Waals surface area contributed by atoms with Gasteiger partial charge in [0.1, 0.15) is 0 Å². The molecule has 1 saturated heterocycles. The molecule has 3 heteroatoms. The third-order valence-electron chi connectivity index (χ3n) is 4.17. The van der Waals surface area contributed by atoms with Crippen molar-refractivity contribution in [1.82, 2.24) is 15.1 Å². The largest absolute Gasteiger partial charge is 0.313 e. The molecule has 17 heavy (non-hydrogen) atoms. The van der Waals surface area contributed by atoms with E-state index in [1.54, 1.807) is 0 Å². The first-order valence-electron chi connectivity index (χ1n) is 7.53. The maximum Gasteiger partial charge on any atom is 0.0195 e. The average molecular weight is 239 g/mol. The molecule has 0 amide bonds. The normalized spacial score (nSPS) is 26.6. The molecule has 2 aliphatic rings. The molecular weight excluding hydrogens is 210 g/mol. The molecule has 1 aliphatic heterocycles. The van der Waals surface area contributed by atoms with Crippen molar-refractivity contribution in [3.05, 3.63) is 0 Å². The third kappa shape index (κ3) is 4.23. The van der Waals surface area contributed by atoms with Gasteiger partial charge in [0.15, 0.2) is 0 Å². The summed E-state index contributed by atoms with van der Waals surface area (Å²) in [6.07, 6.45) is 5.61. The van der Waals surface area contributed by atoms with Crippen LogP contribution in [-0.2, 0) is 0 Å². The van der Waals surface area contributed by atoms with E-state index in [-0.39, 0.29) is 0 Å². The minimum atomic E-state index is 0.741. The van der Waals surface area contributed by atoms with E-state index in [9.17, 15) is 0 Å². The maximum absolute atomic E-state index is 3.60. The van der Waals surface area contributed by atoms with E-state index in [1.807, 2.05) is 0 Å². The van der Waals surface area contributed by atoms with E-state index in [4.69, 9.17) is 0 Å². The zero-order chi connectivity index (χ0) is 12.1. The van der Waals surface area contributed by atoms with Gasteiger partial charge in [0.2, 0.25) is 0 Å². The lowest BCUT2D eigenvalue weighted by Crippen LogP contribution is -2.47. The number of nitrogens with one attached hydrogen (secondary N) is 1. The third-order valence-corrected chi connectivity index (χ3v) is 4.17. The molecule has 2 fully saturated rings. The fraction of sp³-hybridized carbons (Fsp3) is 1.00. The molecule has 100 valence electrons. The predicted octanol–water partition coefficient (Wildman–Crippen LogP) is 1.54. The molecule has 1 N–H and O–H groups in total. The summed E-state index contributed by atoms with van der Waals surface area (Å²) in [5, 5.41) is 3.60. The Morgan fingerprint density at radius 3 is 2.71 bits per heavy atom.